The molecule has 0 aromatic heterocycles. The summed E-state index contributed by atoms with van der Waals surface area (Å²) in [6.07, 6.45) is 7.03. The molecule has 5 heteroatoms. The first kappa shape index (κ1) is 23.9. The minimum atomic E-state index is -0.0880. The molecule has 5 nitrogen and oxygen atoms in total. The number of anilines is 1. The normalized spacial score (nSPS) is 10.7. The molecule has 0 heterocycles. The largest absolute Gasteiger partial charge is 0.495 e. The number of carbonyl (C=O) groups is 1. The summed E-state index contributed by atoms with van der Waals surface area (Å²) in [7, 11) is 1.61. The van der Waals surface area contributed by atoms with Gasteiger partial charge in [0.15, 0.2) is 0 Å². The van der Waals surface area contributed by atoms with Gasteiger partial charge >= 0.3 is 0 Å². The summed E-state index contributed by atoms with van der Waals surface area (Å²) in [5, 5.41) is 9.88. The number of nitrogens with one attached hydrogen (secondary N) is 3. The average molecular weight is 412 g/mol. The summed E-state index contributed by atoms with van der Waals surface area (Å²) < 4.78 is 5.30. The summed E-state index contributed by atoms with van der Waals surface area (Å²) in [6, 6.07) is 16.6. The summed E-state index contributed by atoms with van der Waals surface area (Å²) in [5.74, 6) is 0.603. The van der Waals surface area contributed by atoms with E-state index in [2.05, 4.69) is 52.3 Å². The van der Waals surface area contributed by atoms with Crippen LogP contribution in [-0.2, 0) is 17.6 Å². The van der Waals surface area contributed by atoms with Gasteiger partial charge in [-0.3, -0.25) is 4.79 Å². The number of benzene rings is 2. The van der Waals surface area contributed by atoms with Gasteiger partial charge in [-0.1, -0.05) is 49.2 Å². The van der Waals surface area contributed by atoms with Crippen molar-refractivity contribution in [3.05, 3.63) is 59.7 Å². The third-order valence-corrected chi connectivity index (χ3v) is 5.06. The second-order valence-electron chi connectivity index (χ2n) is 7.62. The lowest BCUT2D eigenvalue weighted by Crippen LogP contribution is -2.19. The maximum Gasteiger partial charge on any atom is 0.221 e. The van der Waals surface area contributed by atoms with Crippen LogP contribution in [0.2, 0.25) is 0 Å². The van der Waals surface area contributed by atoms with Crippen molar-refractivity contribution in [2.45, 2.75) is 45.4 Å². The molecule has 0 bridgehead atoms. The van der Waals surface area contributed by atoms with Gasteiger partial charge in [0.1, 0.15) is 5.75 Å². The molecule has 164 valence electrons. The van der Waals surface area contributed by atoms with E-state index in [0.717, 1.165) is 44.7 Å². The Hall–Kier alpha value is -2.37. The van der Waals surface area contributed by atoms with Gasteiger partial charge in [-0.25, -0.2) is 0 Å². The molecule has 0 spiro atoms. The van der Waals surface area contributed by atoms with E-state index < -0.39 is 0 Å². The molecule has 30 heavy (non-hydrogen) atoms. The maximum absolute atomic E-state index is 11.3. The van der Waals surface area contributed by atoms with Gasteiger partial charge in [-0.05, 0) is 75.1 Å². The van der Waals surface area contributed by atoms with Crippen LogP contribution in [0, 0.1) is 0 Å². The number of amides is 1. The number of unbranched alkanes of at least 4 members (excludes halogenated alkanes) is 3. The Bertz CT molecular complexity index is 734. The molecule has 0 aliphatic carbocycles. The van der Waals surface area contributed by atoms with E-state index in [1.165, 1.54) is 43.7 Å². The topological polar surface area (TPSA) is 62.4 Å². The Morgan fingerprint density at radius 3 is 2.03 bits per heavy atom. The standard InChI is InChI=1S/C25H37N3O2/c1-21(29)28-24-20-23(12-13-25(24)30-2)15-19-27-17-9-4-3-8-16-26-18-14-22-10-6-5-7-11-22/h5-7,10-13,20,26-27H,3-4,8-9,14-19H2,1-2H3,(H,28,29). The van der Waals surface area contributed by atoms with E-state index in [1.54, 1.807) is 7.11 Å². The molecule has 3 N–H and O–H groups in total. The van der Waals surface area contributed by atoms with Gasteiger partial charge in [-0.15, -0.1) is 0 Å². The number of hydrogen-bond acceptors (Lipinski definition) is 4. The molecule has 0 atom stereocenters. The zero-order valence-electron chi connectivity index (χ0n) is 18.5. The zero-order chi connectivity index (χ0) is 21.4. The van der Waals surface area contributed by atoms with Gasteiger partial charge in [0.05, 0.1) is 12.8 Å². The highest BCUT2D eigenvalue weighted by Gasteiger charge is 2.06. The van der Waals surface area contributed by atoms with Gasteiger partial charge < -0.3 is 20.7 Å². The van der Waals surface area contributed by atoms with Crippen molar-refractivity contribution in [1.82, 2.24) is 10.6 Å². The number of hydrogen-bond donors (Lipinski definition) is 3. The number of carbonyl (C=O) groups excluding carboxylic acids is 1. The first-order chi connectivity index (χ1) is 14.7. The van der Waals surface area contributed by atoms with E-state index in [-0.39, 0.29) is 5.91 Å². The van der Waals surface area contributed by atoms with Crippen molar-refractivity contribution in [3.63, 3.8) is 0 Å². The van der Waals surface area contributed by atoms with Crippen LogP contribution < -0.4 is 20.7 Å². The fraction of sp³-hybridized carbons (Fsp3) is 0.480. The molecule has 0 saturated heterocycles. The second kappa shape index (κ2) is 14.6. The van der Waals surface area contributed by atoms with Gasteiger partial charge in [0.25, 0.3) is 0 Å². The first-order valence-corrected chi connectivity index (χ1v) is 11.1. The lowest BCUT2D eigenvalue weighted by Gasteiger charge is -2.11. The van der Waals surface area contributed by atoms with Crippen molar-refractivity contribution >= 4 is 11.6 Å². The van der Waals surface area contributed by atoms with Gasteiger partial charge in [0.2, 0.25) is 5.91 Å². The Morgan fingerprint density at radius 1 is 0.800 bits per heavy atom. The van der Waals surface area contributed by atoms with Gasteiger partial charge in [0, 0.05) is 6.92 Å². The lowest BCUT2D eigenvalue weighted by molar-refractivity contribution is -0.114. The SMILES string of the molecule is COc1ccc(CCNCCCCCCNCCc2ccccc2)cc1NC(C)=O. The quantitative estimate of drug-likeness (QED) is 0.385. The van der Waals surface area contributed by atoms with Crippen LogP contribution in [0.4, 0.5) is 5.69 Å². The van der Waals surface area contributed by atoms with Crippen LogP contribution in [0.3, 0.4) is 0 Å². The van der Waals surface area contributed by atoms with E-state index in [1.807, 2.05) is 12.1 Å². The summed E-state index contributed by atoms with van der Waals surface area (Å²) >= 11 is 0. The fourth-order valence-corrected chi connectivity index (χ4v) is 3.41. The van der Waals surface area contributed by atoms with E-state index in [4.69, 9.17) is 4.74 Å². The molecule has 2 aromatic carbocycles. The van der Waals surface area contributed by atoms with E-state index in [0.29, 0.717) is 5.75 Å². The number of rotatable bonds is 15. The van der Waals surface area contributed by atoms with E-state index >= 15 is 0 Å². The molecule has 0 fully saturated rings. The van der Waals surface area contributed by atoms with Crippen molar-refractivity contribution in [2.75, 3.05) is 38.6 Å². The Balaban J connectivity index is 1.46. The summed E-state index contributed by atoms with van der Waals surface area (Å²) in [4.78, 5) is 11.3. The van der Waals surface area contributed by atoms with Crippen LogP contribution in [-0.4, -0.2) is 39.2 Å². The van der Waals surface area contributed by atoms with Gasteiger partial charge in [-0.2, -0.15) is 0 Å². The van der Waals surface area contributed by atoms with Crippen LogP contribution in [0.5, 0.6) is 5.75 Å². The monoisotopic (exact) mass is 411 g/mol. The van der Waals surface area contributed by atoms with Crippen LogP contribution >= 0.6 is 0 Å². The molecule has 1 amide bonds. The molecule has 0 unspecified atom stereocenters. The third-order valence-electron chi connectivity index (χ3n) is 5.06. The Labute approximate surface area is 181 Å². The Kier molecular flexibility index (Phi) is 11.6. The van der Waals surface area contributed by atoms with Crippen LogP contribution in [0.15, 0.2) is 48.5 Å². The lowest BCUT2D eigenvalue weighted by atomic mass is 10.1. The van der Waals surface area contributed by atoms with E-state index in [9.17, 15) is 4.79 Å². The minimum absolute atomic E-state index is 0.0880. The smallest absolute Gasteiger partial charge is 0.221 e. The highest BCUT2D eigenvalue weighted by atomic mass is 16.5. The Morgan fingerprint density at radius 2 is 1.43 bits per heavy atom. The molecule has 0 aliphatic rings. The molecular weight excluding hydrogens is 374 g/mol. The predicted molar refractivity (Wildman–Crippen MR) is 125 cm³/mol. The summed E-state index contributed by atoms with van der Waals surface area (Å²) in [5.41, 5.74) is 3.32. The second-order valence-corrected chi connectivity index (χ2v) is 7.62. The highest BCUT2D eigenvalue weighted by Crippen LogP contribution is 2.25. The van der Waals surface area contributed by atoms with Crippen molar-refractivity contribution < 1.29 is 9.53 Å². The molecule has 0 radical (unpaired) electrons. The molecule has 0 aliphatic heterocycles. The average Bonchev–Trinajstić information content (AvgIpc) is 2.75. The zero-order valence-corrected chi connectivity index (χ0v) is 18.5. The fourth-order valence-electron chi connectivity index (χ4n) is 3.41. The minimum Gasteiger partial charge on any atom is -0.495 e. The molecule has 2 rings (SSSR count). The van der Waals surface area contributed by atoms with Crippen LogP contribution in [0.25, 0.3) is 0 Å². The van der Waals surface area contributed by atoms with Crippen molar-refractivity contribution in [3.8, 4) is 5.75 Å². The maximum atomic E-state index is 11.3. The van der Waals surface area contributed by atoms with Crippen molar-refractivity contribution in [1.29, 1.82) is 0 Å². The first-order valence-electron chi connectivity index (χ1n) is 11.1. The van der Waals surface area contributed by atoms with Crippen LogP contribution in [0.1, 0.15) is 43.7 Å². The number of methoxy groups -OCH3 is 1. The van der Waals surface area contributed by atoms with Crippen molar-refractivity contribution in [2.24, 2.45) is 0 Å². The molecule has 0 saturated carbocycles. The predicted octanol–water partition coefficient (Wildman–Crippen LogP) is 4.18. The molecule has 2 aromatic rings. The summed E-state index contributed by atoms with van der Waals surface area (Å²) in [6.45, 7) is 5.66. The molecular formula is C25H37N3O2. The number of ether oxygens (including phenoxy) is 1. The highest BCUT2D eigenvalue weighted by molar-refractivity contribution is 5.90. The third kappa shape index (κ3) is 9.90.